The summed E-state index contributed by atoms with van der Waals surface area (Å²) in [4.78, 5) is 24.9. The Labute approximate surface area is 150 Å². The van der Waals surface area contributed by atoms with Crippen molar-refractivity contribution in [2.24, 2.45) is 0 Å². The third-order valence-corrected chi connectivity index (χ3v) is 4.14. The van der Waals surface area contributed by atoms with E-state index in [0.717, 1.165) is 38.4 Å². The van der Waals surface area contributed by atoms with Crippen molar-refractivity contribution < 1.29 is 14.5 Å². The van der Waals surface area contributed by atoms with Crippen LogP contribution in [0.5, 0.6) is 0 Å². The molecule has 1 aliphatic rings. The lowest BCUT2D eigenvalue weighted by atomic mass is 10.2. The van der Waals surface area contributed by atoms with E-state index < -0.39 is 4.92 Å². The SMILES string of the molecule is Cc1nn(CC(=O)Nc2cccc(CN3CCOCC3)c2)cc1[N+](=O)[O-]. The molecule has 1 fully saturated rings. The number of nitro groups is 1. The second-order valence-electron chi connectivity index (χ2n) is 6.19. The molecule has 0 aliphatic carbocycles. The fourth-order valence-electron chi connectivity index (χ4n) is 2.88. The second kappa shape index (κ2) is 8.07. The average molecular weight is 359 g/mol. The molecule has 0 atom stereocenters. The highest BCUT2D eigenvalue weighted by atomic mass is 16.6. The zero-order valence-electron chi connectivity index (χ0n) is 14.6. The second-order valence-corrected chi connectivity index (χ2v) is 6.19. The molecule has 2 aromatic rings. The molecule has 3 rings (SSSR count). The van der Waals surface area contributed by atoms with Gasteiger partial charge in [0.1, 0.15) is 18.4 Å². The standard InChI is InChI=1S/C17H21N5O4/c1-13-16(22(24)25)11-21(19-13)12-17(23)18-15-4-2-3-14(9-15)10-20-5-7-26-8-6-20/h2-4,9,11H,5-8,10,12H2,1H3,(H,18,23). The molecule has 9 heteroatoms. The molecule has 0 spiro atoms. The molecule has 0 bridgehead atoms. The highest BCUT2D eigenvalue weighted by Gasteiger charge is 2.17. The Morgan fingerprint density at radius 2 is 2.15 bits per heavy atom. The highest BCUT2D eigenvalue weighted by Crippen LogP contribution is 2.16. The molecule has 0 saturated carbocycles. The van der Waals surface area contributed by atoms with Crippen LogP contribution in [-0.2, 0) is 22.6 Å². The lowest BCUT2D eigenvalue weighted by Gasteiger charge is -2.26. The monoisotopic (exact) mass is 359 g/mol. The van der Waals surface area contributed by atoms with Gasteiger partial charge in [-0.25, -0.2) is 0 Å². The van der Waals surface area contributed by atoms with Gasteiger partial charge >= 0.3 is 5.69 Å². The number of aryl methyl sites for hydroxylation is 1. The summed E-state index contributed by atoms with van der Waals surface area (Å²) in [5.74, 6) is -0.286. The van der Waals surface area contributed by atoms with Crippen LogP contribution in [0.4, 0.5) is 11.4 Å². The molecule has 2 heterocycles. The van der Waals surface area contributed by atoms with Gasteiger partial charge in [-0.1, -0.05) is 12.1 Å². The Bertz CT molecular complexity index is 798. The number of morpholine rings is 1. The minimum Gasteiger partial charge on any atom is -0.379 e. The maximum atomic E-state index is 12.2. The first-order valence-electron chi connectivity index (χ1n) is 8.38. The number of amides is 1. The van der Waals surface area contributed by atoms with Gasteiger partial charge in [-0.15, -0.1) is 0 Å². The summed E-state index contributed by atoms with van der Waals surface area (Å²) in [5.41, 5.74) is 2.00. The number of hydrogen-bond acceptors (Lipinski definition) is 6. The summed E-state index contributed by atoms with van der Waals surface area (Å²) in [6.45, 7) is 5.54. The van der Waals surface area contributed by atoms with Crippen molar-refractivity contribution >= 4 is 17.3 Å². The number of aromatic nitrogens is 2. The molecule has 1 aromatic carbocycles. The van der Waals surface area contributed by atoms with Crippen LogP contribution in [0.25, 0.3) is 0 Å². The molecule has 1 N–H and O–H groups in total. The van der Waals surface area contributed by atoms with Crippen molar-refractivity contribution in [1.29, 1.82) is 0 Å². The largest absolute Gasteiger partial charge is 0.379 e. The zero-order chi connectivity index (χ0) is 18.5. The fourth-order valence-corrected chi connectivity index (χ4v) is 2.88. The van der Waals surface area contributed by atoms with Gasteiger partial charge < -0.3 is 10.1 Å². The van der Waals surface area contributed by atoms with Crippen LogP contribution < -0.4 is 5.32 Å². The molecule has 1 saturated heterocycles. The third kappa shape index (κ3) is 4.64. The predicted octanol–water partition coefficient (Wildman–Crippen LogP) is 1.57. The fraction of sp³-hybridized carbons (Fsp3) is 0.412. The van der Waals surface area contributed by atoms with Crippen LogP contribution in [0.15, 0.2) is 30.5 Å². The summed E-state index contributed by atoms with van der Waals surface area (Å²) in [7, 11) is 0. The molecule has 138 valence electrons. The van der Waals surface area contributed by atoms with Gasteiger partial charge in [0.05, 0.1) is 18.1 Å². The van der Waals surface area contributed by atoms with Gasteiger partial charge in [-0.3, -0.25) is 24.5 Å². The van der Waals surface area contributed by atoms with Gasteiger partial charge in [-0.05, 0) is 24.6 Å². The number of nitrogens with one attached hydrogen (secondary N) is 1. The minimum atomic E-state index is -0.508. The summed E-state index contributed by atoms with van der Waals surface area (Å²) >= 11 is 0. The van der Waals surface area contributed by atoms with Crippen LogP contribution in [0, 0.1) is 17.0 Å². The predicted molar refractivity (Wildman–Crippen MR) is 94.8 cm³/mol. The molecule has 26 heavy (non-hydrogen) atoms. The third-order valence-electron chi connectivity index (χ3n) is 4.14. The first kappa shape index (κ1) is 18.0. The molecule has 0 unspecified atom stereocenters. The van der Waals surface area contributed by atoms with Crippen LogP contribution in [-0.4, -0.2) is 51.8 Å². The van der Waals surface area contributed by atoms with Crippen LogP contribution in [0.3, 0.4) is 0 Å². The van der Waals surface area contributed by atoms with Crippen LogP contribution in [0.1, 0.15) is 11.3 Å². The Kier molecular flexibility index (Phi) is 5.59. The van der Waals surface area contributed by atoms with E-state index in [4.69, 9.17) is 4.74 Å². The van der Waals surface area contributed by atoms with Crippen molar-refractivity contribution in [2.75, 3.05) is 31.6 Å². The molecule has 1 aromatic heterocycles. The van der Waals surface area contributed by atoms with Crippen molar-refractivity contribution in [3.05, 3.63) is 51.8 Å². The van der Waals surface area contributed by atoms with E-state index in [1.807, 2.05) is 24.3 Å². The first-order chi connectivity index (χ1) is 12.5. The molecule has 0 radical (unpaired) electrons. The maximum Gasteiger partial charge on any atom is 0.309 e. The number of anilines is 1. The van der Waals surface area contributed by atoms with Gasteiger partial charge in [0.15, 0.2) is 0 Å². The smallest absolute Gasteiger partial charge is 0.309 e. The Balaban J connectivity index is 1.59. The number of carbonyl (C=O) groups is 1. The summed E-state index contributed by atoms with van der Waals surface area (Å²) < 4.78 is 6.62. The van der Waals surface area contributed by atoms with Crippen molar-refractivity contribution in [1.82, 2.24) is 14.7 Å². The normalized spacial score (nSPS) is 15.0. The molecular formula is C17H21N5O4. The van der Waals surface area contributed by atoms with E-state index in [1.165, 1.54) is 10.9 Å². The minimum absolute atomic E-state index is 0.0810. The Hall–Kier alpha value is -2.78. The number of carbonyl (C=O) groups excluding carboxylic acids is 1. The topological polar surface area (TPSA) is 103 Å². The van der Waals surface area contributed by atoms with E-state index in [2.05, 4.69) is 15.3 Å². The first-order valence-corrected chi connectivity index (χ1v) is 8.38. The van der Waals surface area contributed by atoms with Crippen molar-refractivity contribution in [3.8, 4) is 0 Å². The van der Waals surface area contributed by atoms with E-state index in [-0.39, 0.29) is 23.8 Å². The summed E-state index contributed by atoms with van der Waals surface area (Å²) in [6, 6.07) is 7.67. The number of hydrogen-bond donors (Lipinski definition) is 1. The summed E-state index contributed by atoms with van der Waals surface area (Å²) in [6.07, 6.45) is 1.27. The van der Waals surface area contributed by atoms with Gasteiger partial charge in [0.2, 0.25) is 5.91 Å². The maximum absolute atomic E-state index is 12.2. The highest BCUT2D eigenvalue weighted by molar-refractivity contribution is 5.90. The average Bonchev–Trinajstić information content (AvgIpc) is 2.96. The van der Waals surface area contributed by atoms with Gasteiger partial charge in [0, 0.05) is 25.3 Å². The van der Waals surface area contributed by atoms with Gasteiger partial charge in [-0.2, -0.15) is 5.10 Å². The Morgan fingerprint density at radius 3 is 2.85 bits per heavy atom. The quantitative estimate of drug-likeness (QED) is 0.620. The zero-order valence-corrected chi connectivity index (χ0v) is 14.6. The lowest BCUT2D eigenvalue weighted by molar-refractivity contribution is -0.385. The number of benzene rings is 1. The van der Waals surface area contributed by atoms with E-state index in [9.17, 15) is 14.9 Å². The molecule has 1 aliphatic heterocycles. The van der Waals surface area contributed by atoms with Crippen LogP contribution >= 0.6 is 0 Å². The van der Waals surface area contributed by atoms with Crippen LogP contribution in [0.2, 0.25) is 0 Å². The Morgan fingerprint density at radius 1 is 1.38 bits per heavy atom. The van der Waals surface area contributed by atoms with E-state index >= 15 is 0 Å². The van der Waals surface area contributed by atoms with E-state index in [1.54, 1.807) is 6.92 Å². The van der Waals surface area contributed by atoms with Crippen molar-refractivity contribution in [3.63, 3.8) is 0 Å². The van der Waals surface area contributed by atoms with Crippen molar-refractivity contribution in [2.45, 2.75) is 20.0 Å². The lowest BCUT2D eigenvalue weighted by Crippen LogP contribution is -2.35. The number of rotatable bonds is 6. The molecule has 9 nitrogen and oxygen atoms in total. The van der Waals surface area contributed by atoms with E-state index in [0.29, 0.717) is 5.69 Å². The van der Waals surface area contributed by atoms with Gasteiger partial charge in [0.25, 0.3) is 0 Å². The number of ether oxygens (including phenoxy) is 1. The number of nitrogens with zero attached hydrogens (tertiary/aromatic N) is 4. The summed E-state index contributed by atoms with van der Waals surface area (Å²) in [5, 5.41) is 17.7. The molecular weight excluding hydrogens is 338 g/mol. The molecule has 1 amide bonds.